The molecule has 6 heteroatoms. The van der Waals surface area contributed by atoms with Crippen LogP contribution in [0.15, 0.2) is 52.9 Å². The summed E-state index contributed by atoms with van der Waals surface area (Å²) in [7, 11) is 0. The van der Waals surface area contributed by atoms with E-state index in [1.54, 1.807) is 13.0 Å². The lowest BCUT2D eigenvalue weighted by Crippen LogP contribution is -2.41. The third-order valence-corrected chi connectivity index (χ3v) is 5.45. The van der Waals surface area contributed by atoms with E-state index in [1.807, 2.05) is 47.4 Å². The second kappa shape index (κ2) is 8.47. The van der Waals surface area contributed by atoms with Crippen molar-refractivity contribution >= 4 is 28.6 Å². The van der Waals surface area contributed by atoms with Gasteiger partial charge in [0.25, 0.3) is 0 Å². The van der Waals surface area contributed by atoms with E-state index in [2.05, 4.69) is 10.3 Å². The van der Waals surface area contributed by atoms with Gasteiger partial charge >= 0.3 is 0 Å². The third-order valence-electron chi connectivity index (χ3n) is 5.45. The van der Waals surface area contributed by atoms with E-state index < -0.39 is 0 Å². The average molecular weight is 391 g/mol. The van der Waals surface area contributed by atoms with Crippen molar-refractivity contribution in [2.45, 2.75) is 32.6 Å². The molecule has 1 fully saturated rings. The molecule has 0 radical (unpaired) electrons. The Morgan fingerprint density at radius 1 is 1.14 bits per heavy atom. The van der Waals surface area contributed by atoms with Gasteiger partial charge in [-0.05, 0) is 37.0 Å². The summed E-state index contributed by atoms with van der Waals surface area (Å²) in [4.78, 5) is 31.3. The first-order valence-corrected chi connectivity index (χ1v) is 10.1. The number of carbonyl (C=O) groups is 2. The van der Waals surface area contributed by atoms with Crippen LogP contribution >= 0.6 is 0 Å². The van der Waals surface area contributed by atoms with Gasteiger partial charge in [0, 0.05) is 44.1 Å². The van der Waals surface area contributed by atoms with Crippen molar-refractivity contribution < 1.29 is 14.0 Å². The van der Waals surface area contributed by atoms with Gasteiger partial charge in [-0.2, -0.15) is 0 Å². The molecule has 2 aromatic carbocycles. The number of rotatable bonds is 5. The lowest BCUT2D eigenvalue weighted by molar-refractivity contribution is -0.134. The summed E-state index contributed by atoms with van der Waals surface area (Å²) in [6.07, 6.45) is 2.64. The van der Waals surface area contributed by atoms with Crippen molar-refractivity contribution in [3.8, 4) is 0 Å². The summed E-state index contributed by atoms with van der Waals surface area (Å²) in [5, 5.41) is 2.97. The van der Waals surface area contributed by atoms with E-state index in [0.717, 1.165) is 11.9 Å². The Morgan fingerprint density at radius 2 is 1.90 bits per heavy atom. The lowest BCUT2D eigenvalue weighted by atomic mass is 9.95. The van der Waals surface area contributed by atoms with Gasteiger partial charge in [0.05, 0.1) is 0 Å². The number of aryl methyl sites for hydroxylation is 2. The maximum atomic E-state index is 12.6. The second-order valence-electron chi connectivity index (χ2n) is 7.55. The van der Waals surface area contributed by atoms with Crippen molar-refractivity contribution in [2.24, 2.45) is 5.92 Å². The molecule has 1 N–H and O–H groups in total. The molecule has 1 aliphatic rings. The number of aromatic nitrogens is 1. The zero-order valence-corrected chi connectivity index (χ0v) is 16.6. The number of oxazole rings is 1. The molecular formula is C23H25N3O3. The first-order valence-electron chi connectivity index (χ1n) is 10.1. The van der Waals surface area contributed by atoms with Gasteiger partial charge in [-0.3, -0.25) is 9.59 Å². The predicted octanol–water partition coefficient (Wildman–Crippen LogP) is 3.95. The zero-order chi connectivity index (χ0) is 20.2. The van der Waals surface area contributed by atoms with E-state index in [0.29, 0.717) is 49.5 Å². The maximum absolute atomic E-state index is 12.6. The summed E-state index contributed by atoms with van der Waals surface area (Å²) < 4.78 is 5.52. The van der Waals surface area contributed by atoms with Crippen LogP contribution in [-0.4, -0.2) is 34.8 Å². The fourth-order valence-corrected chi connectivity index (χ4v) is 3.81. The number of piperidine rings is 1. The van der Waals surface area contributed by atoms with Gasteiger partial charge in [0.1, 0.15) is 5.52 Å². The number of hydrogen-bond acceptors (Lipinski definition) is 4. The molecule has 29 heavy (non-hydrogen) atoms. The molecule has 0 atom stereocenters. The van der Waals surface area contributed by atoms with Crippen LogP contribution in [0.4, 0.5) is 5.69 Å². The molecule has 0 unspecified atom stereocenters. The molecule has 1 aromatic heterocycles. The first-order chi connectivity index (χ1) is 14.1. The van der Waals surface area contributed by atoms with Crippen LogP contribution in [0.25, 0.3) is 11.1 Å². The molecule has 0 aliphatic carbocycles. The van der Waals surface area contributed by atoms with Gasteiger partial charge in [0.2, 0.25) is 11.8 Å². The summed E-state index contributed by atoms with van der Waals surface area (Å²) in [5.74, 6) is 0.684. The normalized spacial score (nSPS) is 14.9. The first kappa shape index (κ1) is 19.2. The minimum Gasteiger partial charge on any atom is -0.441 e. The highest BCUT2D eigenvalue weighted by molar-refractivity contribution is 5.94. The number of nitrogens with zero attached hydrogens (tertiary/aromatic N) is 2. The van der Waals surface area contributed by atoms with E-state index >= 15 is 0 Å². The second-order valence-corrected chi connectivity index (χ2v) is 7.55. The average Bonchev–Trinajstić information content (AvgIpc) is 3.12. The number of hydrogen-bond donors (Lipinski definition) is 1. The maximum Gasteiger partial charge on any atom is 0.227 e. The van der Waals surface area contributed by atoms with Crippen LogP contribution in [0.1, 0.15) is 30.7 Å². The van der Waals surface area contributed by atoms with Gasteiger partial charge in [0.15, 0.2) is 11.5 Å². The van der Waals surface area contributed by atoms with Crippen molar-refractivity contribution in [3.05, 3.63) is 60.0 Å². The summed E-state index contributed by atoms with van der Waals surface area (Å²) in [6.45, 7) is 3.06. The van der Waals surface area contributed by atoms with Crippen molar-refractivity contribution in [1.82, 2.24) is 9.88 Å². The van der Waals surface area contributed by atoms with Gasteiger partial charge in [-0.25, -0.2) is 4.98 Å². The Balaban J connectivity index is 1.27. The molecule has 4 rings (SSSR count). The quantitative estimate of drug-likeness (QED) is 0.715. The van der Waals surface area contributed by atoms with Gasteiger partial charge in [-0.15, -0.1) is 0 Å². The standard InChI is InChI=1S/C23H25N3O3/c1-16-24-20-9-8-19(15-21(20)29-16)25-23(28)18-11-13-26(14-12-18)22(27)10-7-17-5-3-2-4-6-17/h2-6,8-9,15,18H,7,10-14H2,1H3,(H,25,28). The number of likely N-dealkylation sites (tertiary alicyclic amines) is 1. The van der Waals surface area contributed by atoms with E-state index in [-0.39, 0.29) is 17.7 Å². The van der Waals surface area contributed by atoms with Crippen LogP contribution in [0, 0.1) is 12.8 Å². The number of benzene rings is 2. The zero-order valence-electron chi connectivity index (χ0n) is 16.6. The fraction of sp³-hybridized carbons (Fsp3) is 0.348. The summed E-state index contributed by atoms with van der Waals surface area (Å²) in [6, 6.07) is 15.5. The highest BCUT2D eigenvalue weighted by Gasteiger charge is 2.27. The minimum atomic E-state index is -0.0830. The largest absolute Gasteiger partial charge is 0.441 e. The number of carbonyl (C=O) groups excluding carboxylic acids is 2. The molecule has 1 aliphatic heterocycles. The van der Waals surface area contributed by atoms with Crippen molar-refractivity contribution in [1.29, 1.82) is 0 Å². The molecular weight excluding hydrogens is 366 g/mol. The molecule has 0 spiro atoms. The lowest BCUT2D eigenvalue weighted by Gasteiger charge is -2.31. The highest BCUT2D eigenvalue weighted by Crippen LogP contribution is 2.23. The Hall–Kier alpha value is -3.15. The number of nitrogens with one attached hydrogen (secondary N) is 1. The molecule has 3 aromatic rings. The number of amides is 2. The van der Waals surface area contributed by atoms with Crippen LogP contribution in [0.2, 0.25) is 0 Å². The summed E-state index contributed by atoms with van der Waals surface area (Å²) >= 11 is 0. The third kappa shape index (κ3) is 4.65. The van der Waals surface area contributed by atoms with Crippen LogP contribution in [0.3, 0.4) is 0 Å². The summed E-state index contributed by atoms with van der Waals surface area (Å²) in [5.41, 5.74) is 3.33. The molecule has 6 nitrogen and oxygen atoms in total. The Labute approximate surface area is 169 Å². The highest BCUT2D eigenvalue weighted by atomic mass is 16.3. The molecule has 0 saturated carbocycles. The number of fused-ring (bicyclic) bond motifs is 1. The van der Waals surface area contributed by atoms with Crippen LogP contribution in [0.5, 0.6) is 0 Å². The molecule has 2 amide bonds. The topological polar surface area (TPSA) is 75.4 Å². The van der Waals surface area contributed by atoms with Gasteiger partial charge in [-0.1, -0.05) is 30.3 Å². The fourth-order valence-electron chi connectivity index (χ4n) is 3.81. The minimum absolute atomic E-state index is 0.00280. The monoisotopic (exact) mass is 391 g/mol. The van der Waals surface area contributed by atoms with E-state index in [1.165, 1.54) is 5.56 Å². The molecule has 150 valence electrons. The van der Waals surface area contributed by atoms with Crippen molar-refractivity contribution in [2.75, 3.05) is 18.4 Å². The Bertz CT molecular complexity index is 1000. The Kier molecular flexibility index (Phi) is 5.60. The predicted molar refractivity (Wildman–Crippen MR) is 111 cm³/mol. The molecule has 0 bridgehead atoms. The van der Waals surface area contributed by atoms with Crippen LogP contribution < -0.4 is 5.32 Å². The molecule has 2 heterocycles. The SMILES string of the molecule is Cc1nc2ccc(NC(=O)C3CCN(C(=O)CCc4ccccc4)CC3)cc2o1. The molecule has 1 saturated heterocycles. The van der Waals surface area contributed by atoms with Crippen LogP contribution in [-0.2, 0) is 16.0 Å². The van der Waals surface area contributed by atoms with E-state index in [9.17, 15) is 9.59 Å². The van der Waals surface area contributed by atoms with Crippen molar-refractivity contribution in [3.63, 3.8) is 0 Å². The van der Waals surface area contributed by atoms with Gasteiger partial charge < -0.3 is 14.6 Å². The van der Waals surface area contributed by atoms with E-state index in [4.69, 9.17) is 4.42 Å². The Morgan fingerprint density at radius 3 is 2.66 bits per heavy atom. The number of anilines is 1. The smallest absolute Gasteiger partial charge is 0.227 e.